The van der Waals surface area contributed by atoms with Crippen molar-refractivity contribution in [2.24, 2.45) is 0 Å². The number of aromatic nitrogens is 3. The van der Waals surface area contributed by atoms with E-state index in [0.717, 1.165) is 5.56 Å². The van der Waals surface area contributed by atoms with Gasteiger partial charge in [0.1, 0.15) is 0 Å². The second kappa shape index (κ2) is 11.1. The third-order valence-electron chi connectivity index (χ3n) is 4.63. The average molecular weight is 466 g/mol. The van der Waals surface area contributed by atoms with Crippen LogP contribution < -0.4 is 10.6 Å². The molecule has 0 atom stereocenters. The first kappa shape index (κ1) is 23.7. The van der Waals surface area contributed by atoms with Gasteiger partial charge < -0.3 is 20.3 Å². The van der Waals surface area contributed by atoms with Crippen molar-refractivity contribution >= 4 is 35.2 Å². The number of carboxylic acids is 1. The number of nitrogens with one attached hydrogen (secondary N) is 2. The van der Waals surface area contributed by atoms with Crippen LogP contribution >= 0.6 is 11.8 Å². The number of aromatic carboxylic acids is 1. The molecule has 33 heavy (non-hydrogen) atoms. The highest BCUT2D eigenvalue weighted by molar-refractivity contribution is 7.99. The molecule has 3 N–H and O–H groups in total. The van der Waals surface area contributed by atoms with Gasteiger partial charge in [-0.3, -0.25) is 9.59 Å². The first-order chi connectivity index (χ1) is 15.9. The lowest BCUT2D eigenvalue weighted by molar-refractivity contribution is -0.113. The number of amides is 2. The number of anilines is 1. The predicted octanol–water partition coefficient (Wildman–Crippen LogP) is 3.13. The van der Waals surface area contributed by atoms with Crippen LogP contribution in [0.3, 0.4) is 0 Å². The first-order valence-corrected chi connectivity index (χ1v) is 11.0. The molecular formula is C23H23N5O4S. The number of rotatable bonds is 10. The molecule has 0 aliphatic rings. The van der Waals surface area contributed by atoms with E-state index in [1.165, 1.54) is 23.9 Å². The predicted molar refractivity (Wildman–Crippen MR) is 125 cm³/mol. The van der Waals surface area contributed by atoms with Gasteiger partial charge in [0.05, 0.1) is 17.9 Å². The maximum Gasteiger partial charge on any atom is 0.335 e. The average Bonchev–Trinajstić information content (AvgIpc) is 3.18. The molecule has 0 saturated heterocycles. The Labute approximate surface area is 194 Å². The van der Waals surface area contributed by atoms with Crippen LogP contribution in [-0.4, -0.2) is 43.4 Å². The Balaban J connectivity index is 1.62. The monoisotopic (exact) mass is 465 g/mol. The lowest BCUT2D eigenvalue weighted by Crippen LogP contribution is -2.25. The summed E-state index contributed by atoms with van der Waals surface area (Å²) in [5, 5.41) is 23.4. The molecule has 2 aromatic carbocycles. The Morgan fingerprint density at radius 3 is 2.67 bits per heavy atom. The van der Waals surface area contributed by atoms with E-state index in [2.05, 4.69) is 27.4 Å². The minimum atomic E-state index is -1.07. The van der Waals surface area contributed by atoms with Gasteiger partial charge in [-0.05, 0) is 36.8 Å². The second-order valence-corrected chi connectivity index (χ2v) is 7.96. The van der Waals surface area contributed by atoms with Crippen LogP contribution in [0.1, 0.15) is 32.1 Å². The Hall–Kier alpha value is -3.92. The smallest absolute Gasteiger partial charge is 0.335 e. The van der Waals surface area contributed by atoms with Crippen LogP contribution in [0.4, 0.5) is 5.69 Å². The van der Waals surface area contributed by atoms with E-state index in [1.807, 2.05) is 19.1 Å². The summed E-state index contributed by atoms with van der Waals surface area (Å²) in [6, 6.07) is 13.3. The van der Waals surface area contributed by atoms with Gasteiger partial charge in [0, 0.05) is 17.8 Å². The SMILES string of the molecule is C=CCn1c(CNC(=O)c2ccccc2C)nnc1SCC(=O)Nc1cccc(C(=O)O)c1. The maximum atomic E-state index is 12.5. The van der Waals surface area contributed by atoms with E-state index in [0.29, 0.717) is 28.8 Å². The van der Waals surface area contributed by atoms with Crippen LogP contribution in [-0.2, 0) is 17.9 Å². The molecule has 3 aromatic rings. The molecule has 2 amide bonds. The van der Waals surface area contributed by atoms with E-state index in [4.69, 9.17) is 5.11 Å². The highest BCUT2D eigenvalue weighted by Crippen LogP contribution is 2.19. The first-order valence-electron chi connectivity index (χ1n) is 10.0. The van der Waals surface area contributed by atoms with Gasteiger partial charge in [-0.15, -0.1) is 16.8 Å². The number of thioether (sulfide) groups is 1. The lowest BCUT2D eigenvalue weighted by Gasteiger charge is -2.10. The Kier molecular flexibility index (Phi) is 7.98. The summed E-state index contributed by atoms with van der Waals surface area (Å²) < 4.78 is 1.77. The van der Waals surface area contributed by atoms with Gasteiger partial charge in [-0.25, -0.2) is 4.79 Å². The molecule has 0 fully saturated rings. The highest BCUT2D eigenvalue weighted by atomic mass is 32.2. The summed E-state index contributed by atoms with van der Waals surface area (Å²) in [7, 11) is 0. The molecule has 0 unspecified atom stereocenters. The van der Waals surface area contributed by atoms with E-state index < -0.39 is 5.97 Å². The van der Waals surface area contributed by atoms with Gasteiger partial charge in [-0.1, -0.05) is 42.1 Å². The Morgan fingerprint density at radius 1 is 1.15 bits per heavy atom. The molecule has 0 aliphatic heterocycles. The summed E-state index contributed by atoms with van der Waals surface area (Å²) >= 11 is 1.18. The normalized spacial score (nSPS) is 10.5. The number of hydrogen-bond acceptors (Lipinski definition) is 6. The van der Waals surface area contributed by atoms with Crippen molar-refractivity contribution in [3.63, 3.8) is 0 Å². The third kappa shape index (κ3) is 6.30. The molecule has 0 radical (unpaired) electrons. The fourth-order valence-electron chi connectivity index (χ4n) is 3.01. The van der Waals surface area contributed by atoms with Crippen molar-refractivity contribution in [2.45, 2.75) is 25.2 Å². The van der Waals surface area contributed by atoms with Crippen molar-refractivity contribution in [3.05, 3.63) is 83.7 Å². The standard InChI is InChI=1S/C23H23N5O4S/c1-3-11-28-19(13-24-21(30)18-10-5-4-7-15(18)2)26-27-23(28)33-14-20(29)25-17-9-6-8-16(12-17)22(31)32/h3-10,12H,1,11,13-14H2,2H3,(H,24,30)(H,25,29)(H,31,32). The summed E-state index contributed by atoms with van der Waals surface area (Å²) in [5.41, 5.74) is 1.94. The van der Waals surface area contributed by atoms with Gasteiger partial charge in [0.25, 0.3) is 5.91 Å². The molecular weight excluding hydrogens is 442 g/mol. The fraction of sp³-hybridized carbons (Fsp3) is 0.174. The molecule has 3 rings (SSSR count). The van der Waals surface area contributed by atoms with Crippen molar-refractivity contribution in [1.82, 2.24) is 20.1 Å². The molecule has 0 aliphatic carbocycles. The highest BCUT2D eigenvalue weighted by Gasteiger charge is 2.16. The topological polar surface area (TPSA) is 126 Å². The second-order valence-electron chi connectivity index (χ2n) is 7.02. The van der Waals surface area contributed by atoms with Crippen LogP contribution in [0.15, 0.2) is 66.3 Å². The molecule has 0 spiro atoms. The summed E-state index contributed by atoms with van der Waals surface area (Å²) in [5.74, 6) is -1.01. The molecule has 0 bridgehead atoms. The minimum Gasteiger partial charge on any atom is -0.478 e. The molecule has 1 heterocycles. The number of benzene rings is 2. The van der Waals surface area contributed by atoms with Crippen LogP contribution in [0.5, 0.6) is 0 Å². The number of carboxylic acid groups (broad SMARTS) is 1. The van der Waals surface area contributed by atoms with Crippen LogP contribution in [0.25, 0.3) is 0 Å². The van der Waals surface area contributed by atoms with Crippen molar-refractivity contribution < 1.29 is 19.5 Å². The number of carbonyl (C=O) groups excluding carboxylic acids is 2. The van der Waals surface area contributed by atoms with E-state index in [1.54, 1.807) is 34.9 Å². The molecule has 1 aromatic heterocycles. The number of hydrogen-bond donors (Lipinski definition) is 3. The quantitative estimate of drug-likeness (QED) is 0.310. The lowest BCUT2D eigenvalue weighted by atomic mass is 10.1. The maximum absolute atomic E-state index is 12.5. The van der Waals surface area contributed by atoms with Gasteiger partial charge in [0.15, 0.2) is 11.0 Å². The molecule has 10 heteroatoms. The zero-order valence-electron chi connectivity index (χ0n) is 17.9. The molecule has 9 nitrogen and oxygen atoms in total. The van der Waals surface area contributed by atoms with E-state index in [-0.39, 0.29) is 29.7 Å². The number of nitrogens with zero attached hydrogens (tertiary/aromatic N) is 3. The largest absolute Gasteiger partial charge is 0.478 e. The summed E-state index contributed by atoms with van der Waals surface area (Å²) in [6.45, 7) is 6.19. The minimum absolute atomic E-state index is 0.0438. The van der Waals surface area contributed by atoms with Crippen LogP contribution in [0, 0.1) is 6.92 Å². The molecule has 170 valence electrons. The Morgan fingerprint density at radius 2 is 1.94 bits per heavy atom. The third-order valence-corrected chi connectivity index (χ3v) is 5.59. The summed E-state index contributed by atoms with van der Waals surface area (Å²) in [4.78, 5) is 35.9. The van der Waals surface area contributed by atoms with Crippen molar-refractivity contribution in [1.29, 1.82) is 0 Å². The zero-order chi connectivity index (χ0) is 23.8. The van der Waals surface area contributed by atoms with Gasteiger partial charge in [0.2, 0.25) is 5.91 Å². The fourth-order valence-corrected chi connectivity index (χ4v) is 3.78. The van der Waals surface area contributed by atoms with Gasteiger partial charge >= 0.3 is 5.97 Å². The number of aryl methyl sites for hydroxylation is 1. The number of allylic oxidation sites excluding steroid dienone is 1. The van der Waals surface area contributed by atoms with Crippen molar-refractivity contribution in [3.8, 4) is 0 Å². The zero-order valence-corrected chi connectivity index (χ0v) is 18.8. The van der Waals surface area contributed by atoms with Crippen LogP contribution in [0.2, 0.25) is 0 Å². The summed E-state index contributed by atoms with van der Waals surface area (Å²) in [6.07, 6.45) is 1.68. The van der Waals surface area contributed by atoms with E-state index >= 15 is 0 Å². The van der Waals surface area contributed by atoms with Gasteiger partial charge in [-0.2, -0.15) is 0 Å². The number of carbonyl (C=O) groups is 3. The Bertz CT molecular complexity index is 1190. The van der Waals surface area contributed by atoms with E-state index in [9.17, 15) is 14.4 Å². The van der Waals surface area contributed by atoms with Crippen molar-refractivity contribution in [2.75, 3.05) is 11.1 Å². The molecule has 0 saturated carbocycles.